The molecule has 0 aromatic carbocycles. The fraction of sp³-hybridized carbons (Fsp3) is 0.120. The maximum Gasteiger partial charge on any atom is 0.321 e. The molecule has 1 unspecified atom stereocenters. The summed E-state index contributed by atoms with van der Waals surface area (Å²) < 4.78 is -0.428. The molecule has 0 bridgehead atoms. The molecule has 37 heavy (non-hydrogen) atoms. The van der Waals surface area contributed by atoms with Gasteiger partial charge >= 0.3 is 6.03 Å². The molecule has 0 fully saturated rings. The number of hydrogen-bond acceptors (Lipinski definition) is 7. The number of dihydropyridines is 1. The van der Waals surface area contributed by atoms with E-state index in [1.807, 2.05) is 36.6 Å². The molecular weight excluding hydrogens is 583 g/mol. The van der Waals surface area contributed by atoms with Crippen LogP contribution >= 0.6 is 22.6 Å². The predicted octanol–water partition coefficient (Wildman–Crippen LogP) is 4.31. The van der Waals surface area contributed by atoms with E-state index in [4.69, 9.17) is 4.98 Å². The molecule has 0 radical (unpaired) electrons. The van der Waals surface area contributed by atoms with Crippen LogP contribution in [0.15, 0.2) is 67.4 Å². The maximum atomic E-state index is 12.1. The molecule has 11 nitrogen and oxygen atoms in total. The van der Waals surface area contributed by atoms with E-state index in [1.165, 1.54) is 4.90 Å². The summed E-state index contributed by atoms with van der Waals surface area (Å²) in [6, 6.07) is 5.58. The van der Waals surface area contributed by atoms with E-state index in [0.29, 0.717) is 28.5 Å². The second-order valence-corrected chi connectivity index (χ2v) is 10.4. The van der Waals surface area contributed by atoms with Crippen molar-refractivity contribution in [2.45, 2.75) is 3.55 Å². The summed E-state index contributed by atoms with van der Waals surface area (Å²) in [5.41, 5.74) is 5.94. The van der Waals surface area contributed by atoms with Crippen molar-refractivity contribution in [3.8, 4) is 22.6 Å². The Morgan fingerprint density at radius 3 is 2.76 bits per heavy atom. The summed E-state index contributed by atoms with van der Waals surface area (Å²) >= 11 is 2.38. The van der Waals surface area contributed by atoms with Crippen LogP contribution in [0.1, 0.15) is 5.56 Å². The lowest BCUT2D eigenvalue weighted by Crippen LogP contribution is -2.32. The van der Waals surface area contributed by atoms with Crippen LogP contribution in [0.4, 0.5) is 10.5 Å². The summed E-state index contributed by atoms with van der Waals surface area (Å²) in [5.74, 6) is 0.608. The molecule has 1 aliphatic rings. The summed E-state index contributed by atoms with van der Waals surface area (Å²) in [5, 5.41) is 14.5. The number of amides is 2. The number of imidazole rings is 1. The molecule has 6 rings (SSSR count). The second-order valence-electron chi connectivity index (χ2n) is 8.70. The lowest BCUT2D eigenvalue weighted by atomic mass is 10.1. The number of alkyl halides is 1. The van der Waals surface area contributed by atoms with Crippen LogP contribution in [-0.4, -0.2) is 60.1 Å². The number of carbonyl (C=O) groups is 1. The largest absolute Gasteiger partial charge is 0.370 e. The van der Waals surface area contributed by atoms with Crippen molar-refractivity contribution in [3.05, 3.63) is 73.0 Å². The molecule has 0 saturated heterocycles. The first kappa shape index (κ1) is 23.1. The van der Waals surface area contributed by atoms with E-state index in [1.54, 1.807) is 38.9 Å². The number of aromatic amines is 2. The summed E-state index contributed by atoms with van der Waals surface area (Å²) in [6.07, 6.45) is 14.8. The van der Waals surface area contributed by atoms with E-state index < -0.39 is 3.55 Å². The van der Waals surface area contributed by atoms with Gasteiger partial charge < -0.3 is 20.5 Å². The highest BCUT2D eigenvalue weighted by atomic mass is 127. The van der Waals surface area contributed by atoms with Gasteiger partial charge in [0.1, 0.15) is 9.24 Å². The van der Waals surface area contributed by atoms with Crippen LogP contribution in [0.3, 0.4) is 0 Å². The molecule has 1 aliphatic heterocycles. The van der Waals surface area contributed by atoms with E-state index in [2.05, 4.69) is 69.4 Å². The van der Waals surface area contributed by atoms with E-state index in [0.717, 1.165) is 27.6 Å². The number of allylic oxidation sites excluding steroid dienone is 2. The quantitative estimate of drug-likeness (QED) is 0.136. The Labute approximate surface area is 224 Å². The third-order valence-electron chi connectivity index (χ3n) is 5.99. The number of halogens is 1. The Morgan fingerprint density at radius 2 is 1.95 bits per heavy atom. The number of H-pyrrole nitrogens is 2. The first-order valence-electron chi connectivity index (χ1n) is 11.4. The molecule has 5 aromatic heterocycles. The SMILES string of the molecule is CN(C)C(=O)Nc1cncc(-c2cnc3n[nH]c(-c4nc5nccc(C6(I)C=CC=CN6)c5[nH]4)c3c2)c1. The van der Waals surface area contributed by atoms with E-state index in [9.17, 15) is 4.79 Å². The molecule has 12 heteroatoms. The van der Waals surface area contributed by atoms with Crippen LogP contribution in [-0.2, 0) is 3.55 Å². The van der Waals surface area contributed by atoms with Gasteiger partial charge in [0.05, 0.1) is 22.8 Å². The topological polar surface area (TPSA) is 140 Å². The van der Waals surface area contributed by atoms with E-state index >= 15 is 0 Å². The molecule has 5 aromatic rings. The summed E-state index contributed by atoms with van der Waals surface area (Å²) in [6.45, 7) is 0. The van der Waals surface area contributed by atoms with Crippen molar-refractivity contribution in [2.75, 3.05) is 19.4 Å². The number of aromatic nitrogens is 7. The molecular formula is C25H21IN10O. The minimum absolute atomic E-state index is 0.231. The Bertz CT molecular complexity index is 1720. The van der Waals surface area contributed by atoms with Crippen LogP contribution in [0.5, 0.6) is 0 Å². The third kappa shape index (κ3) is 4.18. The van der Waals surface area contributed by atoms with Crippen molar-refractivity contribution in [1.29, 1.82) is 0 Å². The Kier molecular flexibility index (Phi) is 5.59. The number of nitrogens with zero attached hydrogens (tertiary/aromatic N) is 6. The highest BCUT2D eigenvalue weighted by Gasteiger charge is 2.29. The molecule has 2 amide bonds. The lowest BCUT2D eigenvalue weighted by molar-refractivity contribution is 0.230. The number of urea groups is 1. The van der Waals surface area contributed by atoms with Gasteiger partial charge in [-0.3, -0.25) is 10.1 Å². The number of pyridine rings is 3. The Hall–Kier alpha value is -4.33. The molecule has 0 spiro atoms. The van der Waals surface area contributed by atoms with E-state index in [-0.39, 0.29) is 6.03 Å². The van der Waals surface area contributed by atoms with Gasteiger partial charge in [-0.15, -0.1) is 0 Å². The van der Waals surface area contributed by atoms with Gasteiger partial charge in [-0.2, -0.15) is 5.10 Å². The lowest BCUT2D eigenvalue weighted by Gasteiger charge is -2.27. The number of carbonyl (C=O) groups excluding carboxylic acids is 1. The van der Waals surface area contributed by atoms with Gasteiger partial charge in [0.2, 0.25) is 0 Å². The number of anilines is 1. The maximum absolute atomic E-state index is 12.1. The average Bonchev–Trinajstić information content (AvgIpc) is 3.52. The molecule has 0 saturated carbocycles. The van der Waals surface area contributed by atoms with Crippen molar-refractivity contribution < 1.29 is 4.79 Å². The third-order valence-corrected chi connectivity index (χ3v) is 7.24. The van der Waals surface area contributed by atoms with Crippen molar-refractivity contribution in [3.63, 3.8) is 0 Å². The zero-order chi connectivity index (χ0) is 25.6. The molecule has 6 heterocycles. The zero-order valence-corrected chi connectivity index (χ0v) is 22.0. The van der Waals surface area contributed by atoms with Crippen LogP contribution < -0.4 is 10.6 Å². The minimum atomic E-state index is -0.428. The fourth-order valence-electron chi connectivity index (χ4n) is 4.10. The fourth-order valence-corrected chi connectivity index (χ4v) is 4.94. The van der Waals surface area contributed by atoms with Crippen LogP contribution in [0, 0.1) is 0 Å². The van der Waals surface area contributed by atoms with Crippen molar-refractivity contribution in [1.82, 2.24) is 45.3 Å². The zero-order valence-electron chi connectivity index (χ0n) is 19.8. The summed E-state index contributed by atoms with van der Waals surface area (Å²) in [4.78, 5) is 35.0. The standard InChI is InChI=1S/C25H21IN10O/c1-36(2)24(37)31-16-9-14(11-27-13-16)15-10-17-19(34-35-21(17)29-12-15)23-32-20-18(5-8-28-22(20)33-23)25(26)6-3-4-7-30-25/h3-13,30H,1-2H3,(H,31,37)(H,28,32,33)(H,29,34,35). The smallest absolute Gasteiger partial charge is 0.321 e. The van der Waals surface area contributed by atoms with Crippen LogP contribution in [0.2, 0.25) is 0 Å². The number of rotatable bonds is 4. The Balaban J connectivity index is 1.41. The molecule has 184 valence electrons. The number of hydrogen-bond donors (Lipinski definition) is 4. The first-order chi connectivity index (χ1) is 17.9. The molecule has 1 atom stereocenters. The van der Waals surface area contributed by atoms with Crippen molar-refractivity contribution in [2.24, 2.45) is 0 Å². The van der Waals surface area contributed by atoms with Gasteiger partial charge in [-0.05, 0) is 59.1 Å². The van der Waals surface area contributed by atoms with Crippen LogP contribution in [0.25, 0.3) is 44.8 Å². The van der Waals surface area contributed by atoms with Gasteiger partial charge in [-0.1, -0.05) is 6.08 Å². The highest BCUT2D eigenvalue weighted by molar-refractivity contribution is 14.1. The van der Waals surface area contributed by atoms with Crippen molar-refractivity contribution >= 4 is 56.5 Å². The Morgan fingerprint density at radius 1 is 1.08 bits per heavy atom. The highest BCUT2D eigenvalue weighted by Crippen LogP contribution is 2.37. The molecule has 0 aliphatic carbocycles. The monoisotopic (exact) mass is 604 g/mol. The van der Waals surface area contributed by atoms with Gasteiger partial charge in [-0.25, -0.2) is 19.7 Å². The minimum Gasteiger partial charge on any atom is -0.370 e. The number of fused-ring (bicyclic) bond motifs is 2. The number of nitrogens with one attached hydrogen (secondary N) is 4. The first-order valence-corrected chi connectivity index (χ1v) is 12.4. The average molecular weight is 604 g/mol. The molecule has 4 N–H and O–H groups in total. The van der Waals surface area contributed by atoms with Gasteiger partial charge in [0.15, 0.2) is 17.1 Å². The predicted molar refractivity (Wildman–Crippen MR) is 150 cm³/mol. The summed E-state index contributed by atoms with van der Waals surface area (Å²) in [7, 11) is 3.36. The second kappa shape index (κ2) is 8.96. The normalized spacial score (nSPS) is 16.7. The van der Waals surface area contributed by atoms with Gasteiger partial charge in [0.25, 0.3) is 0 Å². The van der Waals surface area contributed by atoms with Gasteiger partial charge in [0, 0.05) is 49.4 Å².